The van der Waals surface area contributed by atoms with E-state index < -0.39 is 53.6 Å². The molecule has 97 heavy (non-hydrogen) atoms. The van der Waals surface area contributed by atoms with Gasteiger partial charge in [0.1, 0.15) is 36.2 Å². The normalized spacial score (nSPS) is 25.2. The molecule has 24 heteroatoms. The fraction of sp³-hybridized carbons (Fsp3) is 0.521. The number of amides is 4. The molecule has 6 aliphatic rings. The number of fused-ring (bicyclic) bond motifs is 21. The number of phenols is 2. The molecule has 4 amide bonds. The lowest BCUT2D eigenvalue weighted by molar-refractivity contribution is -0.140. The van der Waals surface area contributed by atoms with Gasteiger partial charge in [0.05, 0.1) is 113 Å². The van der Waals surface area contributed by atoms with Gasteiger partial charge >= 0.3 is 17.9 Å². The third-order valence-corrected chi connectivity index (χ3v) is 18.8. The molecule has 14 bridgehead atoms. The lowest BCUT2D eigenvalue weighted by atomic mass is 9.90. The van der Waals surface area contributed by atoms with Crippen molar-refractivity contribution in [2.75, 3.05) is 61.0 Å². The number of aliphatic imine (C=N–C) groups is 4. The summed E-state index contributed by atoms with van der Waals surface area (Å²) in [5.41, 5.74) is 3.93. The second-order valence-electron chi connectivity index (χ2n) is 25.9. The number of nitrogens with one attached hydrogen (secondary N) is 4. The van der Waals surface area contributed by atoms with Crippen LogP contribution in [-0.2, 0) is 63.8 Å². The summed E-state index contributed by atoms with van der Waals surface area (Å²) in [5, 5.41) is 36.6. The van der Waals surface area contributed by atoms with Gasteiger partial charge in [-0.15, -0.1) is 0 Å². The standard InChI is InChI=1S/C73H90N8O16/c1-5-43-28-59-68-60(29-43)71(88)79-56-15-7-11-52(36-56)75-40-48-25-45(33-64(83)92-3)27-50(67(48)86)42-77-54-13-9-17-58(38-54)81-73(90)62-31-46(34-65(84)93-4)30-61(69(62)97-23-21-95-19-18-94-20-22-96-68)72(89)80-57-16-8-12-53(37-57)76-41-49-26-44(32-63(82)91-2)24-47(66(49)85)39-74-51-10-6-14-55(35-51)78-70(59)87/h24-31,39-42,51-58,85-86H,5-23,32-38H2,1-4H3,(H,78,87)(H,79,88)(H,80,89)(H,81,90)/b74-39-,75-40-,76-41-,77-42-. The van der Waals surface area contributed by atoms with Crippen LogP contribution in [0, 0.1) is 0 Å². The monoisotopic (exact) mass is 1330 g/mol. The molecular formula is C73H90N8O16. The Morgan fingerprint density at radius 1 is 0.412 bits per heavy atom. The Kier molecular flexibility index (Phi) is 25.0. The number of aryl methyl sites for hydroxylation is 1. The first-order valence-corrected chi connectivity index (χ1v) is 34.1. The van der Waals surface area contributed by atoms with Crippen LogP contribution >= 0.6 is 0 Å². The maximum Gasteiger partial charge on any atom is 0.309 e. The molecule has 0 spiro atoms. The van der Waals surface area contributed by atoms with Crippen molar-refractivity contribution in [1.82, 2.24) is 21.3 Å². The Balaban J connectivity index is 1.05. The molecule has 0 radical (unpaired) electrons. The maximum absolute atomic E-state index is 14.9. The molecule has 518 valence electrons. The number of aromatic hydroxyl groups is 2. The average Bonchev–Trinajstić information content (AvgIpc) is 0.812. The zero-order chi connectivity index (χ0) is 68.4. The van der Waals surface area contributed by atoms with Gasteiger partial charge in [-0.1, -0.05) is 6.92 Å². The third kappa shape index (κ3) is 19.4. The van der Waals surface area contributed by atoms with E-state index in [-0.39, 0.29) is 140 Å². The second-order valence-corrected chi connectivity index (χ2v) is 25.9. The van der Waals surface area contributed by atoms with Gasteiger partial charge in [0.15, 0.2) is 0 Å². The summed E-state index contributed by atoms with van der Waals surface area (Å²) in [6.07, 6.45) is 16.2. The molecule has 0 saturated heterocycles. The molecule has 8 unspecified atom stereocenters. The number of ether oxygens (including phenoxy) is 7. The number of phenolic OH excluding ortho intramolecular Hbond substituents is 2. The predicted molar refractivity (Wildman–Crippen MR) is 363 cm³/mol. The minimum absolute atomic E-state index is 0.00112. The molecule has 2 heterocycles. The Bertz CT molecular complexity index is 3460. The summed E-state index contributed by atoms with van der Waals surface area (Å²) in [4.78, 5) is 118. The van der Waals surface area contributed by atoms with Gasteiger partial charge in [0.25, 0.3) is 23.6 Å². The number of benzene rings is 4. The van der Waals surface area contributed by atoms with Gasteiger partial charge in [0.2, 0.25) is 0 Å². The van der Waals surface area contributed by atoms with Crippen molar-refractivity contribution in [3.63, 3.8) is 0 Å². The second kappa shape index (κ2) is 34.3. The first-order valence-electron chi connectivity index (χ1n) is 34.1. The van der Waals surface area contributed by atoms with Crippen molar-refractivity contribution in [3.05, 3.63) is 115 Å². The molecule has 0 aromatic heterocycles. The van der Waals surface area contributed by atoms with E-state index in [0.29, 0.717) is 135 Å². The number of rotatable bonds is 7. The van der Waals surface area contributed by atoms with Crippen LogP contribution in [0.15, 0.2) is 68.5 Å². The first kappa shape index (κ1) is 70.8. The quantitative estimate of drug-likeness (QED) is 0.0590. The highest BCUT2D eigenvalue weighted by molar-refractivity contribution is 6.06. The van der Waals surface area contributed by atoms with Crippen LogP contribution in [0.2, 0.25) is 0 Å². The molecule has 4 aliphatic carbocycles. The zero-order valence-electron chi connectivity index (χ0n) is 55.8. The molecule has 2 aliphatic heterocycles. The number of esters is 3. The van der Waals surface area contributed by atoms with Crippen LogP contribution in [0.5, 0.6) is 23.0 Å². The summed E-state index contributed by atoms with van der Waals surface area (Å²) in [5.74, 6) is -3.71. The van der Waals surface area contributed by atoms with Crippen molar-refractivity contribution < 1.29 is 76.9 Å². The lowest BCUT2D eigenvalue weighted by Gasteiger charge is -2.29. The molecule has 4 fully saturated rings. The number of hydrogen-bond donors (Lipinski definition) is 6. The SMILES string of the molecule is CCc1cc2c3c(c1)C(=O)NC1CCCC(C1)/N=C\c1cc(CC(=O)OC)cc(c1O)/C=N\C1CCCC(C1)NC(=O)c1cc(CC(=O)OC)cc(c1OCCOCCOCCO3)C(=O)NC1CCCC(C1)/N=C\c1cc(CC(=O)OC)cc(c1O)/C=N\C1CCCC(C1)NC2=O. The van der Waals surface area contributed by atoms with Crippen molar-refractivity contribution >= 4 is 66.4 Å². The van der Waals surface area contributed by atoms with Crippen molar-refractivity contribution in [2.24, 2.45) is 20.0 Å². The highest BCUT2D eigenvalue weighted by atomic mass is 16.6. The minimum atomic E-state index is -0.601. The molecule has 4 saturated carbocycles. The smallest absolute Gasteiger partial charge is 0.309 e. The van der Waals surface area contributed by atoms with Gasteiger partial charge in [-0.25, -0.2) is 0 Å². The van der Waals surface area contributed by atoms with Gasteiger partial charge in [-0.2, -0.15) is 0 Å². The highest BCUT2D eigenvalue weighted by Gasteiger charge is 2.33. The van der Waals surface area contributed by atoms with E-state index >= 15 is 0 Å². The van der Waals surface area contributed by atoms with Crippen LogP contribution in [0.25, 0.3) is 0 Å². The van der Waals surface area contributed by atoms with Gasteiger partial charge in [0, 0.05) is 71.3 Å². The number of carbonyl (C=O) groups excluding carboxylic acids is 7. The van der Waals surface area contributed by atoms with Gasteiger partial charge < -0.3 is 64.6 Å². The number of nitrogens with zero attached hydrogens (tertiary/aromatic N) is 4. The summed E-state index contributed by atoms with van der Waals surface area (Å²) in [6, 6.07) is 10.7. The van der Waals surface area contributed by atoms with Crippen LogP contribution in [0.4, 0.5) is 0 Å². The fourth-order valence-corrected chi connectivity index (χ4v) is 13.7. The van der Waals surface area contributed by atoms with E-state index in [2.05, 4.69) is 21.3 Å². The number of carbonyl (C=O) groups is 7. The molecule has 6 N–H and O–H groups in total. The zero-order valence-corrected chi connectivity index (χ0v) is 55.8. The summed E-state index contributed by atoms with van der Waals surface area (Å²) in [7, 11) is 3.86. The van der Waals surface area contributed by atoms with Crippen molar-refractivity contribution in [2.45, 2.75) is 184 Å². The van der Waals surface area contributed by atoms with Crippen LogP contribution in [-0.4, -0.2) is 186 Å². The summed E-state index contributed by atoms with van der Waals surface area (Å²) >= 11 is 0. The van der Waals surface area contributed by atoms with E-state index in [9.17, 15) is 43.8 Å². The van der Waals surface area contributed by atoms with Crippen molar-refractivity contribution in [3.8, 4) is 23.0 Å². The van der Waals surface area contributed by atoms with E-state index in [4.69, 9.17) is 53.1 Å². The first-order chi connectivity index (χ1) is 47.0. The van der Waals surface area contributed by atoms with E-state index in [0.717, 1.165) is 18.4 Å². The Morgan fingerprint density at radius 3 is 0.959 bits per heavy atom. The van der Waals surface area contributed by atoms with E-state index in [1.54, 1.807) is 61.3 Å². The molecule has 8 atom stereocenters. The minimum Gasteiger partial charge on any atom is -0.507 e. The maximum atomic E-state index is 14.9. The molecule has 10 rings (SSSR count). The fourth-order valence-electron chi connectivity index (χ4n) is 13.7. The number of hydrogen-bond acceptors (Lipinski definition) is 20. The highest BCUT2D eigenvalue weighted by Crippen LogP contribution is 2.35. The molecule has 4 aromatic rings. The number of methoxy groups -OCH3 is 3. The largest absolute Gasteiger partial charge is 0.507 e. The Hall–Kier alpha value is -9.03. The topological polar surface area (TPSA) is 322 Å². The predicted octanol–water partition coefficient (Wildman–Crippen LogP) is 7.56. The van der Waals surface area contributed by atoms with Gasteiger partial charge in [-0.05, 0) is 180 Å². The van der Waals surface area contributed by atoms with Crippen LogP contribution < -0.4 is 30.7 Å². The third-order valence-electron chi connectivity index (χ3n) is 18.8. The van der Waals surface area contributed by atoms with E-state index in [1.165, 1.54) is 33.5 Å². The summed E-state index contributed by atoms with van der Waals surface area (Å²) < 4.78 is 40.0. The van der Waals surface area contributed by atoms with Crippen LogP contribution in [0.3, 0.4) is 0 Å². The van der Waals surface area contributed by atoms with Crippen LogP contribution in [0.1, 0.15) is 196 Å². The lowest BCUT2D eigenvalue weighted by Crippen LogP contribution is -2.41. The molecular weight excluding hydrogens is 1240 g/mol. The average molecular weight is 1340 g/mol. The Labute approximate surface area is 565 Å². The van der Waals surface area contributed by atoms with Crippen molar-refractivity contribution in [1.29, 1.82) is 0 Å². The Morgan fingerprint density at radius 2 is 0.680 bits per heavy atom. The molecule has 4 aromatic carbocycles. The van der Waals surface area contributed by atoms with Gasteiger partial charge in [-0.3, -0.25) is 53.5 Å². The molecule has 24 nitrogen and oxygen atoms in total. The van der Waals surface area contributed by atoms with E-state index in [1.807, 2.05) is 6.92 Å². The summed E-state index contributed by atoms with van der Waals surface area (Å²) in [6.45, 7) is 2.06.